The first-order valence-corrected chi connectivity index (χ1v) is 9.58. The summed E-state index contributed by atoms with van der Waals surface area (Å²) in [6, 6.07) is 10.3. The summed E-state index contributed by atoms with van der Waals surface area (Å²) in [4.78, 5) is 12.0. The summed E-state index contributed by atoms with van der Waals surface area (Å²) in [5.41, 5.74) is 0.877. The van der Waals surface area contributed by atoms with Crippen molar-refractivity contribution < 1.29 is 22.3 Å². The largest absolute Gasteiger partial charge is 0.494 e. The third-order valence-corrected chi connectivity index (χ3v) is 4.96. The van der Waals surface area contributed by atoms with Gasteiger partial charge in [-0.3, -0.25) is 4.79 Å². The van der Waals surface area contributed by atoms with Gasteiger partial charge in [-0.2, -0.15) is 0 Å². The lowest BCUT2D eigenvalue weighted by Crippen LogP contribution is -2.28. The second-order valence-corrected chi connectivity index (χ2v) is 7.35. The lowest BCUT2D eigenvalue weighted by Gasteiger charge is -2.09. The fourth-order valence-corrected chi connectivity index (χ4v) is 3.24. The molecular formula is C18H21FN2O4S. The molecular weight excluding hydrogens is 359 g/mol. The van der Waals surface area contributed by atoms with Gasteiger partial charge in [-0.15, -0.1) is 0 Å². The molecule has 0 saturated heterocycles. The maximum absolute atomic E-state index is 13.6. The summed E-state index contributed by atoms with van der Waals surface area (Å²) in [7, 11) is -3.74. The number of sulfonamides is 1. The van der Waals surface area contributed by atoms with Crippen molar-refractivity contribution in [2.24, 2.45) is 0 Å². The van der Waals surface area contributed by atoms with Crippen molar-refractivity contribution in [2.45, 2.75) is 25.2 Å². The molecule has 0 fully saturated rings. The fourth-order valence-electron chi connectivity index (χ4n) is 2.21. The highest BCUT2D eigenvalue weighted by Crippen LogP contribution is 2.17. The van der Waals surface area contributed by atoms with Crippen molar-refractivity contribution in [3.8, 4) is 5.75 Å². The molecule has 0 bridgehead atoms. The summed E-state index contributed by atoms with van der Waals surface area (Å²) in [5.74, 6) is -0.450. The zero-order chi connectivity index (χ0) is 19.2. The second-order valence-electron chi connectivity index (χ2n) is 5.58. The smallest absolute Gasteiger partial charge is 0.240 e. The number of benzene rings is 2. The van der Waals surface area contributed by atoms with E-state index in [1.165, 1.54) is 24.3 Å². The number of anilines is 1. The molecule has 140 valence electrons. The Hall–Kier alpha value is -2.45. The monoisotopic (exact) mass is 380 g/mol. The van der Waals surface area contributed by atoms with Crippen molar-refractivity contribution in [3.05, 3.63) is 53.8 Å². The van der Waals surface area contributed by atoms with Crippen LogP contribution in [0.1, 0.15) is 18.9 Å². The number of nitrogens with one attached hydrogen (secondary N) is 2. The Balaban J connectivity index is 1.89. The number of carbonyl (C=O) groups is 1. The van der Waals surface area contributed by atoms with Crippen LogP contribution in [0.25, 0.3) is 0 Å². The normalized spacial score (nSPS) is 11.2. The Labute approximate surface area is 152 Å². The van der Waals surface area contributed by atoms with Crippen LogP contribution < -0.4 is 14.8 Å². The number of amides is 1. The molecule has 0 saturated carbocycles. The molecule has 0 aliphatic carbocycles. The van der Waals surface area contributed by atoms with Crippen molar-refractivity contribution in [2.75, 3.05) is 18.5 Å². The van der Waals surface area contributed by atoms with E-state index in [1.807, 2.05) is 6.92 Å². The van der Waals surface area contributed by atoms with Crippen LogP contribution in [0.4, 0.5) is 10.1 Å². The number of halogens is 1. The van der Waals surface area contributed by atoms with E-state index in [1.54, 1.807) is 25.1 Å². The average molecular weight is 380 g/mol. The van der Waals surface area contributed by atoms with Gasteiger partial charge in [0, 0.05) is 13.0 Å². The topological polar surface area (TPSA) is 84.5 Å². The lowest BCUT2D eigenvalue weighted by molar-refractivity contribution is -0.116. The molecule has 0 heterocycles. The van der Waals surface area contributed by atoms with E-state index >= 15 is 0 Å². The first-order valence-electron chi connectivity index (χ1n) is 8.10. The van der Waals surface area contributed by atoms with Gasteiger partial charge in [-0.1, -0.05) is 6.07 Å². The molecule has 2 rings (SSSR count). The summed E-state index contributed by atoms with van der Waals surface area (Å²) in [6.07, 6.45) is -0.121. The van der Waals surface area contributed by atoms with E-state index < -0.39 is 21.7 Å². The molecule has 0 aromatic heterocycles. The van der Waals surface area contributed by atoms with Crippen LogP contribution in [-0.2, 0) is 14.8 Å². The highest BCUT2D eigenvalue weighted by molar-refractivity contribution is 7.89. The van der Waals surface area contributed by atoms with Crippen LogP contribution in [0.15, 0.2) is 47.4 Å². The van der Waals surface area contributed by atoms with E-state index in [9.17, 15) is 17.6 Å². The van der Waals surface area contributed by atoms with E-state index in [-0.39, 0.29) is 23.5 Å². The van der Waals surface area contributed by atoms with Gasteiger partial charge < -0.3 is 10.1 Å². The number of carbonyl (C=O) groups excluding carboxylic acids is 1. The highest BCUT2D eigenvalue weighted by Gasteiger charge is 2.15. The van der Waals surface area contributed by atoms with Gasteiger partial charge in [0.05, 0.1) is 17.2 Å². The Morgan fingerprint density at radius 3 is 2.50 bits per heavy atom. The lowest BCUT2D eigenvalue weighted by atomic mass is 10.2. The number of ether oxygens (including phenoxy) is 1. The van der Waals surface area contributed by atoms with E-state index in [0.29, 0.717) is 12.4 Å². The molecule has 0 aliphatic heterocycles. The maximum atomic E-state index is 13.6. The Kier molecular flexibility index (Phi) is 6.70. The predicted octanol–water partition coefficient (Wildman–Crippen LogP) is 2.84. The highest BCUT2D eigenvalue weighted by atomic mass is 32.2. The van der Waals surface area contributed by atoms with E-state index in [0.717, 1.165) is 5.56 Å². The molecule has 6 nitrogen and oxygen atoms in total. The summed E-state index contributed by atoms with van der Waals surface area (Å²) < 4.78 is 45.6. The molecule has 0 spiro atoms. The molecule has 2 aromatic rings. The number of rotatable bonds is 8. The van der Waals surface area contributed by atoms with Crippen LogP contribution in [-0.4, -0.2) is 27.5 Å². The van der Waals surface area contributed by atoms with Gasteiger partial charge in [0.1, 0.15) is 11.6 Å². The fraction of sp³-hybridized carbons (Fsp3) is 0.278. The third kappa shape index (κ3) is 5.53. The van der Waals surface area contributed by atoms with Crippen LogP contribution in [0.5, 0.6) is 5.75 Å². The minimum absolute atomic E-state index is 0.0735. The van der Waals surface area contributed by atoms with Crippen LogP contribution in [0.2, 0.25) is 0 Å². The van der Waals surface area contributed by atoms with E-state index in [2.05, 4.69) is 10.0 Å². The third-order valence-electron chi connectivity index (χ3n) is 3.49. The van der Waals surface area contributed by atoms with Crippen molar-refractivity contribution in [3.63, 3.8) is 0 Å². The molecule has 0 unspecified atom stereocenters. The zero-order valence-corrected chi connectivity index (χ0v) is 15.4. The SMILES string of the molecule is CCOc1ccc(S(=O)(=O)NCCC(=O)Nc2cc(C)ccc2F)cc1. The Bertz CT molecular complexity index is 867. The van der Waals surface area contributed by atoms with Crippen LogP contribution >= 0.6 is 0 Å². The molecule has 26 heavy (non-hydrogen) atoms. The number of hydrogen-bond acceptors (Lipinski definition) is 4. The van der Waals surface area contributed by atoms with Crippen molar-refractivity contribution in [1.82, 2.24) is 4.72 Å². The van der Waals surface area contributed by atoms with Gasteiger partial charge in [-0.25, -0.2) is 17.5 Å². The zero-order valence-electron chi connectivity index (χ0n) is 14.6. The van der Waals surface area contributed by atoms with E-state index in [4.69, 9.17) is 4.74 Å². The maximum Gasteiger partial charge on any atom is 0.240 e. The summed E-state index contributed by atoms with van der Waals surface area (Å²) in [6.45, 7) is 4.00. The van der Waals surface area contributed by atoms with Crippen LogP contribution in [0, 0.1) is 12.7 Å². The molecule has 0 atom stereocenters. The molecule has 2 aromatic carbocycles. The molecule has 2 N–H and O–H groups in total. The quantitative estimate of drug-likeness (QED) is 0.738. The minimum Gasteiger partial charge on any atom is -0.494 e. The Morgan fingerprint density at radius 2 is 1.85 bits per heavy atom. The van der Waals surface area contributed by atoms with Gasteiger partial charge >= 0.3 is 0 Å². The molecule has 1 amide bonds. The van der Waals surface area contributed by atoms with Gasteiger partial charge in [0.2, 0.25) is 15.9 Å². The summed E-state index contributed by atoms with van der Waals surface area (Å²) in [5, 5.41) is 2.43. The molecule has 0 radical (unpaired) electrons. The van der Waals surface area contributed by atoms with Gasteiger partial charge in [0.15, 0.2) is 0 Å². The molecule has 8 heteroatoms. The minimum atomic E-state index is -3.74. The van der Waals surface area contributed by atoms with Gasteiger partial charge in [-0.05, 0) is 55.8 Å². The van der Waals surface area contributed by atoms with Crippen LogP contribution in [0.3, 0.4) is 0 Å². The van der Waals surface area contributed by atoms with Crippen molar-refractivity contribution in [1.29, 1.82) is 0 Å². The standard InChI is InChI=1S/C18H21FN2O4S/c1-3-25-14-5-7-15(8-6-14)26(23,24)20-11-10-18(22)21-17-12-13(2)4-9-16(17)19/h4-9,12,20H,3,10-11H2,1-2H3,(H,21,22). The van der Waals surface area contributed by atoms with Crippen molar-refractivity contribution >= 4 is 21.6 Å². The average Bonchev–Trinajstić information content (AvgIpc) is 2.59. The van der Waals surface area contributed by atoms with Gasteiger partial charge in [0.25, 0.3) is 0 Å². The summed E-state index contributed by atoms with van der Waals surface area (Å²) >= 11 is 0. The molecule has 0 aliphatic rings. The number of aryl methyl sites for hydroxylation is 1. The first kappa shape index (κ1) is 19.9. The first-order chi connectivity index (χ1) is 12.3. The Morgan fingerprint density at radius 1 is 1.15 bits per heavy atom. The second kappa shape index (κ2) is 8.77. The predicted molar refractivity (Wildman–Crippen MR) is 97.2 cm³/mol. The number of hydrogen-bond donors (Lipinski definition) is 2.